The molecule has 0 saturated heterocycles. The van der Waals surface area contributed by atoms with Crippen LogP contribution in [-0.2, 0) is 0 Å². The summed E-state index contributed by atoms with van der Waals surface area (Å²) in [6.07, 6.45) is 3.03. The maximum absolute atomic E-state index is 13.8. The molecule has 0 amide bonds. The van der Waals surface area contributed by atoms with Crippen LogP contribution in [0.3, 0.4) is 0 Å². The Morgan fingerprint density at radius 3 is 2.56 bits per heavy atom. The molecular weight excluding hydrogens is 253 g/mol. The number of rotatable bonds is 2. The van der Waals surface area contributed by atoms with Crippen molar-refractivity contribution in [3.8, 4) is 6.07 Å². The van der Waals surface area contributed by atoms with Gasteiger partial charge in [-0.15, -0.1) is 0 Å². The van der Waals surface area contributed by atoms with E-state index in [2.05, 4.69) is 6.07 Å². The van der Waals surface area contributed by atoms with Gasteiger partial charge in [0.05, 0.1) is 11.5 Å². The molecule has 1 aliphatic rings. The second-order valence-electron chi connectivity index (χ2n) is 4.90. The van der Waals surface area contributed by atoms with Crippen LogP contribution in [0.25, 0.3) is 0 Å². The largest absolute Gasteiger partial charge is 0.387 e. The molecule has 2 nitrogen and oxygen atoms in total. The summed E-state index contributed by atoms with van der Waals surface area (Å²) in [6.45, 7) is 0. The van der Waals surface area contributed by atoms with E-state index in [0.717, 1.165) is 19.3 Å². The Balaban J connectivity index is 2.34. The lowest BCUT2D eigenvalue weighted by atomic mass is 9.69. The predicted molar refractivity (Wildman–Crippen MR) is 67.5 cm³/mol. The van der Waals surface area contributed by atoms with Crippen LogP contribution in [0.5, 0.6) is 0 Å². The van der Waals surface area contributed by atoms with Gasteiger partial charge in [-0.3, -0.25) is 0 Å². The molecule has 96 valence electrons. The van der Waals surface area contributed by atoms with Crippen molar-refractivity contribution in [1.29, 1.82) is 5.26 Å². The van der Waals surface area contributed by atoms with Crippen molar-refractivity contribution < 1.29 is 9.50 Å². The van der Waals surface area contributed by atoms with Crippen molar-refractivity contribution >= 4 is 11.6 Å². The molecule has 0 aliphatic heterocycles. The van der Waals surface area contributed by atoms with Crippen LogP contribution in [0.2, 0.25) is 5.02 Å². The predicted octanol–water partition coefficient (Wildman–Crippen LogP) is 3.99. The smallest absolute Gasteiger partial charge is 0.130 e. The number of aliphatic hydroxyl groups excluding tert-OH is 1. The van der Waals surface area contributed by atoms with E-state index in [9.17, 15) is 14.8 Å². The quantitative estimate of drug-likeness (QED) is 0.881. The summed E-state index contributed by atoms with van der Waals surface area (Å²) in [5.41, 5.74) is -0.685. The molecular formula is C14H15ClFNO. The second-order valence-corrected chi connectivity index (χ2v) is 5.33. The van der Waals surface area contributed by atoms with E-state index in [0.29, 0.717) is 12.8 Å². The Morgan fingerprint density at radius 1 is 1.33 bits per heavy atom. The molecule has 4 heteroatoms. The van der Waals surface area contributed by atoms with Crippen molar-refractivity contribution in [3.05, 3.63) is 34.6 Å². The van der Waals surface area contributed by atoms with Gasteiger partial charge in [-0.2, -0.15) is 5.26 Å². The molecule has 1 unspecified atom stereocenters. The molecule has 1 N–H and O–H groups in total. The Bertz CT molecular complexity index is 477. The van der Waals surface area contributed by atoms with Gasteiger partial charge in [-0.25, -0.2) is 4.39 Å². The van der Waals surface area contributed by atoms with Gasteiger partial charge in [-0.05, 0) is 25.0 Å². The maximum atomic E-state index is 13.8. The number of benzene rings is 1. The van der Waals surface area contributed by atoms with Crippen LogP contribution < -0.4 is 0 Å². The normalized spacial score (nSPS) is 20.1. The molecule has 1 atom stereocenters. The third-order valence-corrected chi connectivity index (χ3v) is 3.98. The zero-order chi connectivity index (χ0) is 13.2. The van der Waals surface area contributed by atoms with Crippen LogP contribution in [0, 0.1) is 22.6 Å². The van der Waals surface area contributed by atoms with E-state index >= 15 is 0 Å². The molecule has 1 aliphatic carbocycles. The SMILES string of the molecule is N#CC1(C(O)c2ccc(Cl)cc2F)CCCCC1. The molecule has 0 heterocycles. The molecule has 0 aromatic heterocycles. The summed E-state index contributed by atoms with van der Waals surface area (Å²) >= 11 is 5.69. The zero-order valence-corrected chi connectivity index (χ0v) is 10.8. The molecule has 1 saturated carbocycles. The van der Waals surface area contributed by atoms with E-state index in [1.807, 2.05) is 0 Å². The first kappa shape index (κ1) is 13.3. The molecule has 2 rings (SSSR count). The number of aliphatic hydroxyl groups is 1. The standard InChI is InChI=1S/C14H15ClFNO/c15-10-4-5-11(12(16)8-10)13(18)14(9-17)6-2-1-3-7-14/h4-5,8,13,18H,1-3,6-7H2. The van der Waals surface area contributed by atoms with Gasteiger partial charge in [0, 0.05) is 10.6 Å². The molecule has 0 radical (unpaired) electrons. The number of nitrogens with zero attached hydrogens (tertiary/aromatic N) is 1. The van der Waals surface area contributed by atoms with E-state index < -0.39 is 17.3 Å². The molecule has 1 aromatic rings. The van der Waals surface area contributed by atoms with E-state index in [1.165, 1.54) is 18.2 Å². The fraction of sp³-hybridized carbons (Fsp3) is 0.500. The lowest BCUT2D eigenvalue weighted by Crippen LogP contribution is -2.30. The molecule has 1 fully saturated rings. The first-order valence-corrected chi connectivity index (χ1v) is 6.51. The highest BCUT2D eigenvalue weighted by Crippen LogP contribution is 2.46. The Hall–Kier alpha value is -1.11. The van der Waals surface area contributed by atoms with Crippen LogP contribution >= 0.6 is 11.6 Å². The summed E-state index contributed by atoms with van der Waals surface area (Å²) < 4.78 is 13.8. The molecule has 0 bridgehead atoms. The zero-order valence-electron chi connectivity index (χ0n) is 10.00. The minimum atomic E-state index is -1.08. The Labute approximate surface area is 111 Å². The van der Waals surface area contributed by atoms with Crippen molar-refractivity contribution in [1.82, 2.24) is 0 Å². The summed E-state index contributed by atoms with van der Waals surface area (Å²) in [5, 5.41) is 20.0. The number of hydrogen-bond donors (Lipinski definition) is 1. The second kappa shape index (κ2) is 5.26. The maximum Gasteiger partial charge on any atom is 0.130 e. The third kappa shape index (κ3) is 2.36. The fourth-order valence-electron chi connectivity index (χ4n) is 2.65. The van der Waals surface area contributed by atoms with Gasteiger partial charge in [0.15, 0.2) is 0 Å². The molecule has 0 spiro atoms. The van der Waals surface area contributed by atoms with Gasteiger partial charge < -0.3 is 5.11 Å². The Morgan fingerprint density at radius 2 is 2.00 bits per heavy atom. The summed E-state index contributed by atoms with van der Waals surface area (Å²) in [5.74, 6) is -0.546. The van der Waals surface area contributed by atoms with E-state index in [4.69, 9.17) is 11.6 Å². The monoisotopic (exact) mass is 267 g/mol. The first-order valence-electron chi connectivity index (χ1n) is 6.13. The molecule has 18 heavy (non-hydrogen) atoms. The summed E-state index contributed by atoms with van der Waals surface area (Å²) in [7, 11) is 0. The highest BCUT2D eigenvalue weighted by Gasteiger charge is 2.41. The highest BCUT2D eigenvalue weighted by atomic mass is 35.5. The van der Waals surface area contributed by atoms with Crippen molar-refractivity contribution in [3.63, 3.8) is 0 Å². The van der Waals surface area contributed by atoms with Gasteiger partial charge >= 0.3 is 0 Å². The van der Waals surface area contributed by atoms with Gasteiger partial charge in [0.1, 0.15) is 11.9 Å². The minimum absolute atomic E-state index is 0.169. The highest BCUT2D eigenvalue weighted by molar-refractivity contribution is 6.30. The fourth-order valence-corrected chi connectivity index (χ4v) is 2.81. The average Bonchev–Trinajstić information content (AvgIpc) is 2.39. The topological polar surface area (TPSA) is 44.0 Å². The van der Waals surface area contributed by atoms with E-state index in [-0.39, 0.29) is 10.6 Å². The number of halogens is 2. The van der Waals surface area contributed by atoms with Gasteiger partial charge in [0.2, 0.25) is 0 Å². The van der Waals surface area contributed by atoms with Crippen molar-refractivity contribution in [2.75, 3.05) is 0 Å². The lowest BCUT2D eigenvalue weighted by Gasteiger charge is -2.35. The number of hydrogen-bond acceptors (Lipinski definition) is 2. The molecule has 1 aromatic carbocycles. The number of nitriles is 1. The first-order chi connectivity index (χ1) is 8.59. The van der Waals surface area contributed by atoms with Crippen LogP contribution in [0.15, 0.2) is 18.2 Å². The van der Waals surface area contributed by atoms with Crippen molar-refractivity contribution in [2.45, 2.75) is 38.2 Å². The summed E-state index contributed by atoms with van der Waals surface area (Å²) in [6, 6.07) is 6.39. The third-order valence-electron chi connectivity index (χ3n) is 3.75. The Kier molecular flexibility index (Phi) is 3.89. The lowest BCUT2D eigenvalue weighted by molar-refractivity contribution is 0.0333. The van der Waals surface area contributed by atoms with Crippen molar-refractivity contribution in [2.24, 2.45) is 5.41 Å². The summed E-state index contributed by atoms with van der Waals surface area (Å²) in [4.78, 5) is 0. The van der Waals surface area contributed by atoms with Crippen LogP contribution in [-0.4, -0.2) is 5.11 Å². The minimum Gasteiger partial charge on any atom is -0.387 e. The van der Waals surface area contributed by atoms with Crippen LogP contribution in [0.1, 0.15) is 43.8 Å². The van der Waals surface area contributed by atoms with E-state index in [1.54, 1.807) is 0 Å². The van der Waals surface area contributed by atoms with Gasteiger partial charge in [0.25, 0.3) is 0 Å². The van der Waals surface area contributed by atoms with Gasteiger partial charge in [-0.1, -0.05) is 36.9 Å². The van der Waals surface area contributed by atoms with Crippen LogP contribution in [0.4, 0.5) is 4.39 Å². The average molecular weight is 268 g/mol.